The molecule has 1 atom stereocenters. The number of rotatable bonds is 5. The predicted molar refractivity (Wildman–Crippen MR) is 82.0 cm³/mol. The first-order valence-electron chi connectivity index (χ1n) is 5.85. The number of hydrogen-bond acceptors (Lipinski definition) is 6. The number of anilines is 2. The van der Waals surface area contributed by atoms with Gasteiger partial charge in [-0.2, -0.15) is 15.0 Å². The number of benzene rings is 1. The maximum Gasteiger partial charge on any atom is 0.229 e. The van der Waals surface area contributed by atoms with Crippen molar-refractivity contribution in [2.24, 2.45) is 0 Å². The van der Waals surface area contributed by atoms with Gasteiger partial charge in [0.15, 0.2) is 0 Å². The second kappa shape index (κ2) is 6.71. The topological polar surface area (TPSA) is 86.0 Å². The SMILES string of the molecule is CC(COc1ccc(Br)cc1)Nc1nc(N)nc(Cl)n1. The normalized spacial score (nSPS) is 11.9. The number of nitrogens with one attached hydrogen (secondary N) is 1. The Bertz CT molecular complexity index is 560. The van der Waals surface area contributed by atoms with Gasteiger partial charge in [-0.15, -0.1) is 0 Å². The van der Waals surface area contributed by atoms with E-state index in [1.165, 1.54) is 0 Å². The molecule has 0 radical (unpaired) electrons. The van der Waals surface area contributed by atoms with E-state index >= 15 is 0 Å². The second-order valence-electron chi connectivity index (χ2n) is 4.10. The molecule has 0 saturated carbocycles. The minimum atomic E-state index is -0.0171. The molecule has 2 aromatic rings. The summed E-state index contributed by atoms with van der Waals surface area (Å²) >= 11 is 9.07. The Balaban J connectivity index is 1.88. The van der Waals surface area contributed by atoms with Crippen LogP contribution in [0, 0.1) is 0 Å². The molecule has 20 heavy (non-hydrogen) atoms. The van der Waals surface area contributed by atoms with E-state index in [2.05, 4.69) is 36.2 Å². The lowest BCUT2D eigenvalue weighted by atomic mass is 10.3. The summed E-state index contributed by atoms with van der Waals surface area (Å²) in [6.45, 7) is 2.39. The van der Waals surface area contributed by atoms with Crippen molar-refractivity contribution in [3.05, 3.63) is 34.0 Å². The number of hydrogen-bond donors (Lipinski definition) is 2. The number of nitrogen functional groups attached to an aromatic ring is 1. The Morgan fingerprint density at radius 2 is 2.00 bits per heavy atom. The van der Waals surface area contributed by atoms with Crippen molar-refractivity contribution in [2.45, 2.75) is 13.0 Å². The maximum absolute atomic E-state index is 5.70. The number of aromatic nitrogens is 3. The fourth-order valence-corrected chi connectivity index (χ4v) is 1.88. The number of nitrogens with zero attached hydrogens (tertiary/aromatic N) is 3. The first-order chi connectivity index (χ1) is 9.52. The van der Waals surface area contributed by atoms with Crippen LogP contribution >= 0.6 is 27.5 Å². The van der Waals surface area contributed by atoms with Crippen LogP contribution in [0.5, 0.6) is 5.75 Å². The van der Waals surface area contributed by atoms with E-state index in [1.54, 1.807) is 0 Å². The smallest absolute Gasteiger partial charge is 0.229 e. The van der Waals surface area contributed by atoms with Crippen LogP contribution in [0.4, 0.5) is 11.9 Å². The second-order valence-corrected chi connectivity index (χ2v) is 5.35. The highest BCUT2D eigenvalue weighted by Gasteiger charge is 2.07. The Kier molecular flexibility index (Phi) is 4.97. The van der Waals surface area contributed by atoms with Crippen molar-refractivity contribution >= 4 is 39.4 Å². The van der Waals surface area contributed by atoms with E-state index in [4.69, 9.17) is 22.1 Å². The molecular weight excluding hydrogens is 346 g/mol. The summed E-state index contributed by atoms with van der Waals surface area (Å²) in [5.41, 5.74) is 5.49. The number of nitrogens with two attached hydrogens (primary N) is 1. The van der Waals surface area contributed by atoms with Crippen LogP contribution in [0.2, 0.25) is 5.28 Å². The molecule has 0 aliphatic rings. The third-order valence-corrected chi connectivity index (χ3v) is 3.01. The van der Waals surface area contributed by atoms with Gasteiger partial charge in [-0.25, -0.2) is 0 Å². The number of halogens is 2. The highest BCUT2D eigenvalue weighted by atomic mass is 79.9. The summed E-state index contributed by atoms with van der Waals surface area (Å²) in [5.74, 6) is 1.19. The van der Waals surface area contributed by atoms with Crippen molar-refractivity contribution in [2.75, 3.05) is 17.7 Å². The zero-order valence-corrected chi connectivity index (χ0v) is 13.0. The quantitative estimate of drug-likeness (QED) is 0.855. The molecule has 2 rings (SSSR count). The molecule has 1 heterocycles. The van der Waals surface area contributed by atoms with Gasteiger partial charge in [0.2, 0.25) is 17.2 Å². The van der Waals surface area contributed by atoms with Gasteiger partial charge < -0.3 is 15.8 Å². The van der Waals surface area contributed by atoms with Crippen molar-refractivity contribution in [1.29, 1.82) is 0 Å². The van der Waals surface area contributed by atoms with Gasteiger partial charge in [-0.3, -0.25) is 0 Å². The molecule has 0 bridgehead atoms. The van der Waals surface area contributed by atoms with Gasteiger partial charge >= 0.3 is 0 Å². The average molecular weight is 359 g/mol. The summed E-state index contributed by atoms with van der Waals surface area (Å²) in [4.78, 5) is 11.6. The molecule has 0 aliphatic heterocycles. The van der Waals surface area contributed by atoms with Gasteiger partial charge in [0, 0.05) is 4.47 Å². The summed E-state index contributed by atoms with van der Waals surface area (Å²) in [5, 5.41) is 3.10. The largest absolute Gasteiger partial charge is 0.491 e. The predicted octanol–water partition coefficient (Wildman–Crippen LogP) is 2.75. The molecule has 3 N–H and O–H groups in total. The molecular formula is C12H13BrClN5O. The first kappa shape index (κ1) is 14.8. The fourth-order valence-electron chi connectivity index (χ4n) is 1.44. The molecule has 8 heteroatoms. The van der Waals surface area contributed by atoms with Crippen molar-refractivity contribution in [3.8, 4) is 5.75 Å². The molecule has 1 aromatic carbocycles. The molecule has 0 amide bonds. The lowest BCUT2D eigenvalue weighted by molar-refractivity contribution is 0.303. The van der Waals surface area contributed by atoms with E-state index in [1.807, 2.05) is 31.2 Å². The Labute approximate surface area is 129 Å². The van der Waals surface area contributed by atoms with Crippen molar-refractivity contribution < 1.29 is 4.74 Å². The van der Waals surface area contributed by atoms with E-state index < -0.39 is 0 Å². The van der Waals surface area contributed by atoms with Crippen LogP contribution in [-0.2, 0) is 0 Å². The molecule has 1 aromatic heterocycles. The van der Waals surface area contributed by atoms with E-state index in [9.17, 15) is 0 Å². The molecule has 0 fully saturated rings. The highest BCUT2D eigenvalue weighted by molar-refractivity contribution is 9.10. The van der Waals surface area contributed by atoms with Gasteiger partial charge in [-0.1, -0.05) is 15.9 Å². The molecule has 0 aliphatic carbocycles. The van der Waals surface area contributed by atoms with Crippen LogP contribution < -0.4 is 15.8 Å². The zero-order chi connectivity index (χ0) is 14.5. The highest BCUT2D eigenvalue weighted by Crippen LogP contribution is 2.16. The standard InChI is InChI=1S/C12H13BrClN5O/c1-7(6-20-9-4-2-8(13)3-5-9)16-12-18-10(14)17-11(15)19-12/h2-5,7H,6H2,1H3,(H3,15,16,17,18,19). The van der Waals surface area contributed by atoms with Gasteiger partial charge in [0.05, 0.1) is 6.04 Å². The first-order valence-corrected chi connectivity index (χ1v) is 7.02. The third-order valence-electron chi connectivity index (χ3n) is 2.31. The van der Waals surface area contributed by atoms with Gasteiger partial charge in [-0.05, 0) is 42.8 Å². The van der Waals surface area contributed by atoms with Crippen LogP contribution in [-0.4, -0.2) is 27.6 Å². The third kappa shape index (κ3) is 4.50. The van der Waals surface area contributed by atoms with Gasteiger partial charge in [0.25, 0.3) is 0 Å². The zero-order valence-electron chi connectivity index (χ0n) is 10.7. The molecule has 0 spiro atoms. The van der Waals surface area contributed by atoms with Crippen LogP contribution in [0.15, 0.2) is 28.7 Å². The minimum Gasteiger partial charge on any atom is -0.491 e. The molecule has 0 saturated heterocycles. The van der Waals surface area contributed by atoms with E-state index in [-0.39, 0.29) is 17.3 Å². The Hall–Kier alpha value is -1.60. The minimum absolute atomic E-state index is 0.0171. The lowest BCUT2D eigenvalue weighted by Crippen LogP contribution is -2.25. The van der Waals surface area contributed by atoms with Crippen molar-refractivity contribution in [3.63, 3.8) is 0 Å². The summed E-state index contributed by atoms with van der Waals surface area (Å²) < 4.78 is 6.64. The van der Waals surface area contributed by atoms with E-state index in [0.717, 1.165) is 10.2 Å². The molecule has 1 unspecified atom stereocenters. The van der Waals surface area contributed by atoms with Crippen LogP contribution in [0.25, 0.3) is 0 Å². The summed E-state index contributed by atoms with van der Waals surface area (Å²) in [6, 6.07) is 7.58. The van der Waals surface area contributed by atoms with Crippen LogP contribution in [0.3, 0.4) is 0 Å². The Morgan fingerprint density at radius 1 is 1.30 bits per heavy atom. The number of ether oxygens (including phenoxy) is 1. The fraction of sp³-hybridized carbons (Fsp3) is 0.250. The van der Waals surface area contributed by atoms with Gasteiger partial charge in [0.1, 0.15) is 12.4 Å². The monoisotopic (exact) mass is 357 g/mol. The molecule has 106 valence electrons. The average Bonchev–Trinajstić information content (AvgIpc) is 2.37. The Morgan fingerprint density at radius 3 is 2.65 bits per heavy atom. The lowest BCUT2D eigenvalue weighted by Gasteiger charge is -2.15. The van der Waals surface area contributed by atoms with Crippen LogP contribution in [0.1, 0.15) is 6.92 Å². The summed E-state index contributed by atoms with van der Waals surface area (Å²) in [6.07, 6.45) is 0. The maximum atomic E-state index is 5.70. The van der Waals surface area contributed by atoms with Crippen molar-refractivity contribution in [1.82, 2.24) is 15.0 Å². The van der Waals surface area contributed by atoms with E-state index in [0.29, 0.717) is 12.6 Å². The molecule has 6 nitrogen and oxygen atoms in total. The summed E-state index contributed by atoms with van der Waals surface area (Å²) in [7, 11) is 0.